The van der Waals surface area contributed by atoms with Gasteiger partial charge in [-0.1, -0.05) is 13.8 Å². The topological polar surface area (TPSA) is 78.4 Å². The monoisotopic (exact) mass is 284 g/mol. The van der Waals surface area contributed by atoms with Crippen LogP contribution in [0.15, 0.2) is 0 Å². The largest absolute Gasteiger partial charge is 0.481 e. The van der Waals surface area contributed by atoms with Crippen molar-refractivity contribution in [3.05, 3.63) is 0 Å². The van der Waals surface area contributed by atoms with Crippen molar-refractivity contribution in [2.75, 3.05) is 13.1 Å². The molecule has 0 unspecified atom stereocenters. The van der Waals surface area contributed by atoms with Gasteiger partial charge in [0.05, 0.1) is 0 Å². The van der Waals surface area contributed by atoms with Gasteiger partial charge in [-0.15, -0.1) is 0 Å². The minimum Gasteiger partial charge on any atom is -0.481 e. The number of hydrogen-bond donors (Lipinski definition) is 3. The Morgan fingerprint density at radius 1 is 1.21 bits per heavy atom. The van der Waals surface area contributed by atoms with Crippen molar-refractivity contribution < 1.29 is 27.9 Å². The van der Waals surface area contributed by atoms with Gasteiger partial charge in [0.25, 0.3) is 0 Å². The van der Waals surface area contributed by atoms with Crippen LogP contribution in [0.1, 0.15) is 26.7 Å². The number of halogens is 3. The number of amides is 2. The Morgan fingerprint density at radius 2 is 1.79 bits per heavy atom. The van der Waals surface area contributed by atoms with Gasteiger partial charge in [-0.25, -0.2) is 4.79 Å². The van der Waals surface area contributed by atoms with Gasteiger partial charge in [-0.3, -0.25) is 4.79 Å². The van der Waals surface area contributed by atoms with Crippen LogP contribution < -0.4 is 10.6 Å². The predicted octanol–water partition coefficient (Wildman–Crippen LogP) is 1.98. The molecule has 1 atom stereocenters. The molecule has 112 valence electrons. The highest BCUT2D eigenvalue weighted by atomic mass is 19.4. The summed E-state index contributed by atoms with van der Waals surface area (Å²) in [4.78, 5) is 21.7. The van der Waals surface area contributed by atoms with Crippen LogP contribution in [-0.2, 0) is 4.79 Å². The van der Waals surface area contributed by atoms with E-state index in [9.17, 15) is 22.8 Å². The van der Waals surface area contributed by atoms with Crippen LogP contribution in [0.3, 0.4) is 0 Å². The summed E-state index contributed by atoms with van der Waals surface area (Å²) in [5.74, 6) is -1.05. The molecule has 0 bridgehead atoms. The third-order valence-corrected chi connectivity index (χ3v) is 2.27. The molecule has 0 aromatic rings. The molecule has 0 fully saturated rings. The Labute approximate surface area is 109 Å². The van der Waals surface area contributed by atoms with E-state index in [4.69, 9.17) is 5.11 Å². The van der Waals surface area contributed by atoms with Gasteiger partial charge in [-0.05, 0) is 18.3 Å². The number of carboxylic acid groups (broad SMARTS) is 1. The molecule has 0 aliphatic heterocycles. The molecule has 0 radical (unpaired) electrons. The molecule has 3 N–H and O–H groups in total. The molecule has 0 aliphatic carbocycles. The lowest BCUT2D eigenvalue weighted by Crippen LogP contribution is -2.42. The lowest BCUT2D eigenvalue weighted by molar-refractivity contribution is -0.138. The van der Waals surface area contributed by atoms with Crippen molar-refractivity contribution >= 4 is 12.0 Å². The molecular weight excluding hydrogens is 265 g/mol. The van der Waals surface area contributed by atoms with Crippen LogP contribution in [0, 0.1) is 11.8 Å². The van der Waals surface area contributed by atoms with Gasteiger partial charge >= 0.3 is 18.2 Å². The summed E-state index contributed by atoms with van der Waals surface area (Å²) in [6.45, 7) is 2.43. The molecule has 0 aliphatic rings. The third-order valence-electron chi connectivity index (χ3n) is 2.27. The Bertz CT molecular complexity index is 306. The molecule has 0 rings (SSSR count). The molecule has 5 nitrogen and oxygen atoms in total. The van der Waals surface area contributed by atoms with Gasteiger partial charge in [0, 0.05) is 13.0 Å². The lowest BCUT2D eigenvalue weighted by Gasteiger charge is -2.18. The second-order valence-electron chi connectivity index (χ2n) is 4.77. The third kappa shape index (κ3) is 11.4. The first-order valence-corrected chi connectivity index (χ1v) is 5.90. The summed E-state index contributed by atoms with van der Waals surface area (Å²) in [5, 5.41) is 12.6. The van der Waals surface area contributed by atoms with Crippen LogP contribution in [-0.4, -0.2) is 36.4 Å². The normalized spacial score (nSPS) is 13.2. The summed E-state index contributed by atoms with van der Waals surface area (Å²) >= 11 is 0. The first-order chi connectivity index (χ1) is 8.60. The first-order valence-electron chi connectivity index (χ1n) is 5.90. The number of urea groups is 1. The standard InChI is InChI=1S/C11H19F3N2O3/c1-7(2)3-8(4-9(17)18)5-15-10(19)16-6-11(12,13)14/h7-8H,3-6H2,1-2H3,(H,17,18)(H2,15,16,19)/t8-/m0/s1. The van der Waals surface area contributed by atoms with E-state index < -0.39 is 24.7 Å². The fourth-order valence-corrected chi connectivity index (χ4v) is 1.63. The minimum atomic E-state index is -4.46. The zero-order valence-electron chi connectivity index (χ0n) is 10.9. The summed E-state index contributed by atoms with van der Waals surface area (Å²) in [5.41, 5.74) is 0. The smallest absolute Gasteiger partial charge is 0.405 e. The quantitative estimate of drug-likeness (QED) is 0.669. The number of carbonyl (C=O) groups excluding carboxylic acids is 1. The number of carbonyl (C=O) groups is 2. The summed E-state index contributed by atoms with van der Waals surface area (Å²) in [7, 11) is 0. The van der Waals surface area contributed by atoms with Gasteiger partial charge < -0.3 is 15.7 Å². The number of carboxylic acids is 1. The van der Waals surface area contributed by atoms with Gasteiger partial charge in [-0.2, -0.15) is 13.2 Å². The molecule has 0 heterocycles. The van der Waals surface area contributed by atoms with E-state index in [0.29, 0.717) is 6.42 Å². The number of hydrogen-bond acceptors (Lipinski definition) is 2. The summed E-state index contributed by atoms with van der Waals surface area (Å²) in [6, 6.07) is -0.948. The molecule has 0 spiro atoms. The molecule has 8 heteroatoms. The second-order valence-corrected chi connectivity index (χ2v) is 4.77. The molecule has 0 aromatic heterocycles. The van der Waals surface area contributed by atoms with Crippen LogP contribution in [0.25, 0.3) is 0 Å². The Morgan fingerprint density at radius 3 is 2.21 bits per heavy atom. The van der Waals surface area contributed by atoms with Crippen molar-refractivity contribution in [2.45, 2.75) is 32.9 Å². The number of nitrogens with one attached hydrogen (secondary N) is 2. The molecule has 0 saturated carbocycles. The molecular formula is C11H19F3N2O3. The van der Waals surface area contributed by atoms with E-state index >= 15 is 0 Å². The van der Waals surface area contributed by atoms with Crippen LogP contribution in [0.5, 0.6) is 0 Å². The maximum atomic E-state index is 11.8. The van der Waals surface area contributed by atoms with Gasteiger partial charge in [0.1, 0.15) is 6.54 Å². The highest BCUT2D eigenvalue weighted by Gasteiger charge is 2.27. The van der Waals surface area contributed by atoms with Gasteiger partial charge in [0.2, 0.25) is 0 Å². The van der Waals surface area contributed by atoms with Crippen LogP contribution in [0.2, 0.25) is 0 Å². The zero-order chi connectivity index (χ0) is 15.1. The van der Waals surface area contributed by atoms with Crippen LogP contribution in [0.4, 0.5) is 18.0 Å². The van der Waals surface area contributed by atoms with E-state index in [1.165, 1.54) is 0 Å². The number of aliphatic carboxylic acids is 1. The van der Waals surface area contributed by atoms with Crippen molar-refractivity contribution in [2.24, 2.45) is 11.8 Å². The second kappa shape index (κ2) is 7.85. The number of alkyl halides is 3. The Kier molecular flexibility index (Phi) is 7.25. The first kappa shape index (κ1) is 17.5. The minimum absolute atomic E-state index is 0.0359. The maximum absolute atomic E-state index is 11.8. The highest BCUT2D eigenvalue weighted by Crippen LogP contribution is 2.15. The Hall–Kier alpha value is -1.47. The van der Waals surface area contributed by atoms with E-state index in [1.807, 2.05) is 13.8 Å². The average molecular weight is 284 g/mol. The predicted molar refractivity (Wildman–Crippen MR) is 62.7 cm³/mol. The average Bonchev–Trinajstić information content (AvgIpc) is 2.20. The number of rotatable bonds is 7. The summed E-state index contributed by atoms with van der Waals surface area (Å²) < 4.78 is 35.5. The van der Waals surface area contributed by atoms with E-state index in [-0.39, 0.29) is 24.8 Å². The van der Waals surface area contributed by atoms with Crippen molar-refractivity contribution in [1.29, 1.82) is 0 Å². The SMILES string of the molecule is CC(C)C[C@H](CNC(=O)NCC(F)(F)F)CC(=O)O. The molecule has 19 heavy (non-hydrogen) atoms. The van der Waals surface area contributed by atoms with E-state index in [0.717, 1.165) is 0 Å². The molecule has 0 saturated heterocycles. The van der Waals surface area contributed by atoms with E-state index in [1.54, 1.807) is 5.32 Å². The zero-order valence-corrected chi connectivity index (χ0v) is 10.9. The fraction of sp³-hybridized carbons (Fsp3) is 0.818. The lowest BCUT2D eigenvalue weighted by atomic mass is 9.94. The fourth-order valence-electron chi connectivity index (χ4n) is 1.63. The van der Waals surface area contributed by atoms with Crippen molar-refractivity contribution in [3.8, 4) is 0 Å². The van der Waals surface area contributed by atoms with Crippen molar-refractivity contribution in [3.63, 3.8) is 0 Å². The van der Waals surface area contributed by atoms with E-state index in [2.05, 4.69) is 5.32 Å². The van der Waals surface area contributed by atoms with Gasteiger partial charge in [0.15, 0.2) is 0 Å². The molecule has 0 aromatic carbocycles. The maximum Gasteiger partial charge on any atom is 0.405 e. The van der Waals surface area contributed by atoms with Crippen molar-refractivity contribution in [1.82, 2.24) is 10.6 Å². The molecule has 2 amide bonds. The highest BCUT2D eigenvalue weighted by molar-refractivity contribution is 5.74. The Balaban J connectivity index is 4.08. The van der Waals surface area contributed by atoms with Crippen LogP contribution >= 0.6 is 0 Å². The summed E-state index contributed by atoms with van der Waals surface area (Å²) in [6.07, 6.45) is -4.01.